The molecule has 2 N–H and O–H groups in total. The van der Waals surface area contributed by atoms with E-state index >= 15 is 0 Å². The number of amides is 2. The molecule has 0 aliphatic carbocycles. The average molecular weight is 346 g/mol. The van der Waals surface area contributed by atoms with Crippen molar-refractivity contribution in [2.45, 2.75) is 13.0 Å². The first kappa shape index (κ1) is 17.5. The Kier molecular flexibility index (Phi) is 5.54. The Morgan fingerprint density at radius 2 is 1.46 bits per heavy atom. The molecule has 3 aromatic carbocycles. The second-order valence-electron chi connectivity index (χ2n) is 6.06. The Labute approximate surface area is 153 Å². The summed E-state index contributed by atoms with van der Waals surface area (Å²) in [6.07, 6.45) is 0. The Morgan fingerprint density at radius 3 is 2.00 bits per heavy atom. The number of carbonyl (C=O) groups is 1. The zero-order valence-electron chi connectivity index (χ0n) is 14.9. The quantitative estimate of drug-likeness (QED) is 0.689. The summed E-state index contributed by atoms with van der Waals surface area (Å²) in [7, 11) is 1.59. The highest BCUT2D eigenvalue weighted by molar-refractivity contribution is 5.91. The highest BCUT2D eigenvalue weighted by atomic mass is 16.5. The van der Waals surface area contributed by atoms with Crippen molar-refractivity contribution in [3.05, 3.63) is 95.6 Å². The predicted molar refractivity (Wildman–Crippen MR) is 105 cm³/mol. The minimum absolute atomic E-state index is 0.242. The van der Waals surface area contributed by atoms with Crippen molar-refractivity contribution in [1.29, 1.82) is 0 Å². The van der Waals surface area contributed by atoms with Crippen LogP contribution in [0, 0.1) is 6.92 Å². The van der Waals surface area contributed by atoms with Crippen molar-refractivity contribution in [2.24, 2.45) is 0 Å². The third kappa shape index (κ3) is 4.22. The van der Waals surface area contributed by atoms with Gasteiger partial charge in [0, 0.05) is 0 Å². The third-order valence-corrected chi connectivity index (χ3v) is 4.14. The molecule has 3 rings (SSSR count). The summed E-state index contributed by atoms with van der Waals surface area (Å²) in [4.78, 5) is 12.7. The summed E-state index contributed by atoms with van der Waals surface area (Å²) >= 11 is 0. The molecule has 0 aliphatic rings. The van der Waals surface area contributed by atoms with Gasteiger partial charge in [-0.25, -0.2) is 4.79 Å². The van der Waals surface area contributed by atoms with Gasteiger partial charge in [0.2, 0.25) is 0 Å². The number of hydrogen-bond donors (Lipinski definition) is 2. The first-order valence-corrected chi connectivity index (χ1v) is 8.49. The molecule has 26 heavy (non-hydrogen) atoms. The number of benzene rings is 3. The molecule has 0 aliphatic heterocycles. The molecule has 0 spiro atoms. The summed E-state index contributed by atoms with van der Waals surface area (Å²) in [6, 6.07) is 25.0. The third-order valence-electron chi connectivity index (χ3n) is 4.14. The van der Waals surface area contributed by atoms with E-state index in [9.17, 15) is 4.79 Å². The van der Waals surface area contributed by atoms with E-state index in [0.717, 1.165) is 16.7 Å². The van der Waals surface area contributed by atoms with Gasteiger partial charge >= 0.3 is 6.03 Å². The molecule has 4 nitrogen and oxygen atoms in total. The Balaban J connectivity index is 1.83. The van der Waals surface area contributed by atoms with Crippen LogP contribution >= 0.6 is 0 Å². The van der Waals surface area contributed by atoms with Gasteiger partial charge in [0.15, 0.2) is 0 Å². The average Bonchev–Trinajstić information content (AvgIpc) is 2.68. The van der Waals surface area contributed by atoms with Gasteiger partial charge in [0.25, 0.3) is 0 Å². The van der Waals surface area contributed by atoms with Crippen molar-refractivity contribution in [3.8, 4) is 5.75 Å². The fraction of sp³-hybridized carbons (Fsp3) is 0.136. The van der Waals surface area contributed by atoms with Gasteiger partial charge in [-0.2, -0.15) is 0 Å². The van der Waals surface area contributed by atoms with Crippen molar-refractivity contribution in [3.63, 3.8) is 0 Å². The van der Waals surface area contributed by atoms with Gasteiger partial charge in [-0.3, -0.25) is 0 Å². The monoisotopic (exact) mass is 346 g/mol. The lowest BCUT2D eigenvalue weighted by atomic mass is 9.99. The zero-order valence-corrected chi connectivity index (χ0v) is 14.9. The van der Waals surface area contributed by atoms with E-state index in [4.69, 9.17) is 4.74 Å². The van der Waals surface area contributed by atoms with Crippen LogP contribution in [0.4, 0.5) is 10.5 Å². The minimum Gasteiger partial charge on any atom is -0.495 e. The van der Waals surface area contributed by atoms with Crippen molar-refractivity contribution >= 4 is 11.7 Å². The van der Waals surface area contributed by atoms with Gasteiger partial charge in [0.05, 0.1) is 18.8 Å². The number of urea groups is 1. The lowest BCUT2D eigenvalue weighted by Gasteiger charge is -2.21. The lowest BCUT2D eigenvalue weighted by molar-refractivity contribution is 0.250. The summed E-state index contributed by atoms with van der Waals surface area (Å²) in [6.45, 7) is 1.97. The number of nitrogens with one attached hydrogen (secondary N) is 2. The number of rotatable bonds is 5. The zero-order chi connectivity index (χ0) is 18.4. The molecule has 0 aromatic heterocycles. The smallest absolute Gasteiger partial charge is 0.320 e. The molecular weight excluding hydrogens is 324 g/mol. The number of anilines is 1. The number of carbonyl (C=O) groups excluding carboxylic acids is 1. The van der Waals surface area contributed by atoms with Crippen molar-refractivity contribution < 1.29 is 9.53 Å². The number of ether oxygens (including phenoxy) is 1. The first-order valence-electron chi connectivity index (χ1n) is 8.49. The van der Waals surface area contributed by atoms with E-state index in [-0.39, 0.29) is 12.1 Å². The maximum atomic E-state index is 12.7. The summed E-state index contributed by atoms with van der Waals surface area (Å²) in [5.41, 5.74) is 3.73. The largest absolute Gasteiger partial charge is 0.495 e. The summed E-state index contributed by atoms with van der Waals surface area (Å²) in [5, 5.41) is 5.96. The van der Waals surface area contributed by atoms with Crippen LogP contribution < -0.4 is 15.4 Å². The van der Waals surface area contributed by atoms with Crippen LogP contribution in [0.1, 0.15) is 22.7 Å². The number of hydrogen-bond acceptors (Lipinski definition) is 2. The molecule has 132 valence electrons. The molecule has 0 heterocycles. The van der Waals surface area contributed by atoms with Gasteiger partial charge in [-0.1, -0.05) is 66.7 Å². The summed E-state index contributed by atoms with van der Waals surface area (Å²) in [5.74, 6) is 0.627. The molecule has 4 heteroatoms. The molecular formula is C22H22N2O2. The molecule has 0 fully saturated rings. The topological polar surface area (TPSA) is 50.4 Å². The lowest BCUT2D eigenvalue weighted by Crippen LogP contribution is -2.33. The van der Waals surface area contributed by atoms with Gasteiger partial charge in [0.1, 0.15) is 5.75 Å². The van der Waals surface area contributed by atoms with Crippen LogP contribution in [-0.2, 0) is 0 Å². The molecule has 0 saturated heterocycles. The van der Waals surface area contributed by atoms with Gasteiger partial charge < -0.3 is 15.4 Å². The predicted octanol–water partition coefficient (Wildman–Crippen LogP) is 4.91. The second kappa shape index (κ2) is 8.21. The maximum Gasteiger partial charge on any atom is 0.320 e. The van der Waals surface area contributed by atoms with Crippen LogP contribution in [-0.4, -0.2) is 13.1 Å². The molecule has 0 saturated carbocycles. The SMILES string of the molecule is COc1ccc(C)cc1NC(=O)NC(c1ccccc1)c1ccccc1. The molecule has 3 aromatic rings. The van der Waals surface area contributed by atoms with E-state index in [1.54, 1.807) is 7.11 Å². The van der Waals surface area contributed by atoms with E-state index in [1.165, 1.54) is 0 Å². The highest BCUT2D eigenvalue weighted by Crippen LogP contribution is 2.26. The Bertz CT molecular complexity index is 824. The Morgan fingerprint density at radius 1 is 0.885 bits per heavy atom. The Hall–Kier alpha value is -3.27. The van der Waals surface area contributed by atoms with Crippen molar-refractivity contribution in [1.82, 2.24) is 5.32 Å². The molecule has 2 amide bonds. The van der Waals surface area contributed by atoms with Gasteiger partial charge in [-0.05, 0) is 35.7 Å². The molecule has 0 bridgehead atoms. The van der Waals surface area contributed by atoms with Crippen LogP contribution in [0.25, 0.3) is 0 Å². The molecule has 0 radical (unpaired) electrons. The summed E-state index contributed by atoms with van der Waals surface area (Å²) < 4.78 is 5.33. The maximum absolute atomic E-state index is 12.7. The standard InChI is InChI=1S/C22H22N2O2/c1-16-13-14-20(26-2)19(15-16)23-22(25)24-21(17-9-5-3-6-10-17)18-11-7-4-8-12-18/h3-15,21H,1-2H3,(H2,23,24,25). The number of methoxy groups -OCH3 is 1. The van der Waals surface area contributed by atoms with Crippen LogP contribution in [0.5, 0.6) is 5.75 Å². The van der Waals surface area contributed by atoms with E-state index in [2.05, 4.69) is 10.6 Å². The second-order valence-corrected chi connectivity index (χ2v) is 6.06. The number of aryl methyl sites for hydroxylation is 1. The van der Waals surface area contributed by atoms with Gasteiger partial charge in [-0.15, -0.1) is 0 Å². The van der Waals surface area contributed by atoms with E-state index in [0.29, 0.717) is 11.4 Å². The van der Waals surface area contributed by atoms with Crippen LogP contribution in [0.3, 0.4) is 0 Å². The van der Waals surface area contributed by atoms with E-state index < -0.39 is 0 Å². The first-order chi connectivity index (χ1) is 12.7. The fourth-order valence-corrected chi connectivity index (χ4v) is 2.86. The van der Waals surface area contributed by atoms with Crippen LogP contribution in [0.2, 0.25) is 0 Å². The van der Waals surface area contributed by atoms with E-state index in [1.807, 2.05) is 85.8 Å². The molecule has 0 atom stereocenters. The fourth-order valence-electron chi connectivity index (χ4n) is 2.86. The van der Waals surface area contributed by atoms with Crippen LogP contribution in [0.15, 0.2) is 78.9 Å². The molecule has 0 unspecified atom stereocenters. The normalized spacial score (nSPS) is 10.4. The highest BCUT2D eigenvalue weighted by Gasteiger charge is 2.17. The van der Waals surface area contributed by atoms with Crippen molar-refractivity contribution in [2.75, 3.05) is 12.4 Å². The minimum atomic E-state index is -0.286.